The van der Waals surface area contributed by atoms with Crippen molar-refractivity contribution in [2.24, 2.45) is 52.3 Å². The van der Waals surface area contributed by atoms with Crippen LogP contribution < -0.4 is 5.32 Å². The number of carbonyl (C=O) groups excluding carboxylic acids is 3. The van der Waals surface area contributed by atoms with Gasteiger partial charge in [0.2, 0.25) is 13.3 Å². The van der Waals surface area contributed by atoms with Crippen molar-refractivity contribution in [3.8, 4) is 0 Å². The normalized spacial score (nSPS) is 28.5. The van der Waals surface area contributed by atoms with E-state index in [1.54, 1.807) is 0 Å². The van der Waals surface area contributed by atoms with Gasteiger partial charge in [0.25, 0.3) is 0 Å². The summed E-state index contributed by atoms with van der Waals surface area (Å²) in [5, 5.41) is 3.16. The van der Waals surface area contributed by atoms with Crippen molar-refractivity contribution < 1.29 is 32.9 Å². The Kier molecular flexibility index (Phi) is 15.9. The molecule has 7 rings (SSSR count). The molecule has 9 unspecified atom stereocenters. The largest absolute Gasteiger partial charge is 0.461 e. The summed E-state index contributed by atoms with van der Waals surface area (Å²) < 4.78 is 32.3. The van der Waals surface area contributed by atoms with E-state index in [9.17, 15) is 18.9 Å². The molecule has 4 aliphatic carbocycles. The molecular weight excluding hydrogens is 794 g/mol. The highest BCUT2D eigenvalue weighted by Crippen LogP contribution is 2.68. The summed E-state index contributed by atoms with van der Waals surface area (Å²) >= 11 is 0. The number of carbonyl (C=O) groups is 3. The first-order valence-corrected chi connectivity index (χ1v) is 25.9. The van der Waals surface area contributed by atoms with Crippen LogP contribution in [0.1, 0.15) is 127 Å². The Hall–Kier alpha value is -3.74. The quantitative estimate of drug-likeness (QED) is 0.0890. The van der Waals surface area contributed by atoms with Crippen LogP contribution in [-0.4, -0.2) is 36.7 Å². The molecule has 0 spiro atoms. The number of rotatable bonds is 20. The van der Waals surface area contributed by atoms with Gasteiger partial charge in [0.05, 0.1) is 12.5 Å². The highest BCUT2D eigenvalue weighted by molar-refractivity contribution is 7.59. The molecular formula is C53H72NO7P. The summed E-state index contributed by atoms with van der Waals surface area (Å²) in [6.45, 7) is 8.50. The molecule has 9 heteroatoms. The average Bonchev–Trinajstić information content (AvgIpc) is 3.66. The Balaban J connectivity index is 0.948. The number of fused-ring (bicyclic) bond motifs is 5. The number of hydrogen-bond donors (Lipinski definition) is 1. The zero-order valence-corrected chi connectivity index (χ0v) is 38.5. The highest BCUT2D eigenvalue weighted by Gasteiger charge is 2.60. The van der Waals surface area contributed by atoms with E-state index in [4.69, 9.17) is 14.0 Å². The summed E-state index contributed by atoms with van der Waals surface area (Å²) in [6.07, 6.45) is 14.8. The fourth-order valence-corrected chi connectivity index (χ4v) is 15.2. The Labute approximate surface area is 371 Å². The van der Waals surface area contributed by atoms with E-state index < -0.39 is 25.2 Å². The fourth-order valence-electron chi connectivity index (χ4n) is 12.8. The van der Waals surface area contributed by atoms with Gasteiger partial charge in [-0.15, -0.1) is 0 Å². The molecule has 62 heavy (non-hydrogen) atoms. The Morgan fingerprint density at radius 3 is 2.00 bits per heavy atom. The van der Waals surface area contributed by atoms with E-state index in [-0.39, 0.29) is 57.3 Å². The van der Waals surface area contributed by atoms with Crippen molar-refractivity contribution in [3.05, 3.63) is 108 Å². The molecule has 3 aromatic rings. The molecule has 3 aromatic carbocycles. The van der Waals surface area contributed by atoms with E-state index in [0.29, 0.717) is 29.2 Å². The molecule has 8 nitrogen and oxygen atoms in total. The third-order valence-electron chi connectivity index (χ3n) is 16.2. The van der Waals surface area contributed by atoms with Gasteiger partial charge >= 0.3 is 11.9 Å². The number of benzene rings is 3. The topological polar surface area (TPSA) is 108 Å². The van der Waals surface area contributed by atoms with Crippen LogP contribution >= 0.6 is 7.37 Å². The summed E-state index contributed by atoms with van der Waals surface area (Å²) in [4.78, 5) is 40.2. The smallest absolute Gasteiger partial charge is 0.309 e. The molecule has 1 N–H and O–H groups in total. The molecule has 0 radical (unpaired) electrons. The van der Waals surface area contributed by atoms with Gasteiger partial charge in [-0.3, -0.25) is 18.9 Å². The van der Waals surface area contributed by atoms with Gasteiger partial charge in [-0.1, -0.05) is 125 Å². The second-order valence-corrected chi connectivity index (χ2v) is 22.7. The van der Waals surface area contributed by atoms with E-state index in [2.05, 4.69) is 26.1 Å². The maximum atomic E-state index is 14.8. The zero-order chi connectivity index (χ0) is 43.6. The minimum absolute atomic E-state index is 0.0113. The lowest BCUT2D eigenvalue weighted by Gasteiger charge is -2.61. The van der Waals surface area contributed by atoms with Crippen molar-refractivity contribution in [3.63, 3.8) is 0 Å². The van der Waals surface area contributed by atoms with Gasteiger partial charge in [-0.25, -0.2) is 0 Å². The molecule has 0 heterocycles. The van der Waals surface area contributed by atoms with Gasteiger partial charge in [0, 0.05) is 31.7 Å². The molecule has 0 aromatic heterocycles. The fraction of sp³-hybridized carbons (Fsp3) is 0.604. The molecule has 4 saturated carbocycles. The lowest BCUT2D eigenvalue weighted by Crippen LogP contribution is -2.53. The third kappa shape index (κ3) is 11.5. The van der Waals surface area contributed by atoms with E-state index >= 15 is 0 Å². The molecule has 0 aliphatic heterocycles. The minimum Gasteiger partial charge on any atom is -0.461 e. The minimum atomic E-state index is -3.60. The first-order chi connectivity index (χ1) is 30.0. The van der Waals surface area contributed by atoms with Crippen LogP contribution in [0.2, 0.25) is 0 Å². The molecule has 4 aliphatic rings. The van der Waals surface area contributed by atoms with Crippen molar-refractivity contribution >= 4 is 25.2 Å². The standard InChI is InChI=1S/C53H72NO7P/c1-39(46-25-26-47-45-24-23-44-21-13-14-31-52(44,2)48(45)28-32-53(46,47)3)29-33-54-49(55)30-34-62(58,61-37-42-19-11-6-12-20-42)38-43(51(57)60-36-41-17-9-5-10-18-41)22-27-50(56)59-35-40-15-7-4-8-16-40/h4-12,15-20,39,43-48H,13-14,21-38H2,1-3H3,(H,54,55)/t39-,43?,44?,45?,46?,47?,48?,52?,53?,62?/m1/s1. The first-order valence-electron chi connectivity index (χ1n) is 23.9. The van der Waals surface area contributed by atoms with Crippen LogP contribution in [0.5, 0.6) is 0 Å². The van der Waals surface area contributed by atoms with Crippen molar-refractivity contribution in [1.82, 2.24) is 5.32 Å². The summed E-state index contributed by atoms with van der Waals surface area (Å²) in [5.41, 5.74) is 3.45. The Morgan fingerprint density at radius 2 is 1.32 bits per heavy atom. The lowest BCUT2D eigenvalue weighted by molar-refractivity contribution is -0.150. The van der Waals surface area contributed by atoms with Gasteiger partial charge in [0.1, 0.15) is 13.2 Å². The van der Waals surface area contributed by atoms with Gasteiger partial charge < -0.3 is 19.3 Å². The second kappa shape index (κ2) is 21.3. The predicted octanol–water partition coefficient (Wildman–Crippen LogP) is 11.9. The van der Waals surface area contributed by atoms with Crippen LogP contribution in [0.15, 0.2) is 91.0 Å². The molecule has 336 valence electrons. The third-order valence-corrected chi connectivity index (χ3v) is 18.8. The van der Waals surface area contributed by atoms with Crippen molar-refractivity contribution in [1.29, 1.82) is 0 Å². The Bertz CT molecular complexity index is 1960. The molecule has 0 saturated heterocycles. The van der Waals surface area contributed by atoms with Crippen molar-refractivity contribution in [2.45, 2.75) is 130 Å². The number of esters is 2. The van der Waals surface area contributed by atoms with E-state index in [1.807, 2.05) is 91.0 Å². The van der Waals surface area contributed by atoms with Gasteiger partial charge in [-0.2, -0.15) is 0 Å². The summed E-state index contributed by atoms with van der Waals surface area (Å²) in [7, 11) is -3.60. The zero-order valence-electron chi connectivity index (χ0n) is 37.6. The number of nitrogens with one attached hydrogen (secondary N) is 1. The van der Waals surface area contributed by atoms with Crippen LogP contribution in [0.25, 0.3) is 0 Å². The van der Waals surface area contributed by atoms with Crippen molar-refractivity contribution in [2.75, 3.05) is 18.9 Å². The number of hydrogen-bond acceptors (Lipinski definition) is 7. The summed E-state index contributed by atoms with van der Waals surface area (Å²) in [6, 6.07) is 28.3. The van der Waals surface area contributed by atoms with Crippen LogP contribution in [-0.2, 0) is 52.8 Å². The number of ether oxygens (including phenoxy) is 2. The average molecular weight is 866 g/mol. The molecule has 10 atom stereocenters. The maximum Gasteiger partial charge on any atom is 0.309 e. The van der Waals surface area contributed by atoms with Crippen LogP contribution in [0, 0.1) is 52.3 Å². The molecule has 1 amide bonds. The van der Waals surface area contributed by atoms with E-state index in [1.165, 1.54) is 64.2 Å². The maximum absolute atomic E-state index is 14.8. The van der Waals surface area contributed by atoms with Gasteiger partial charge in [-0.05, 0) is 127 Å². The predicted molar refractivity (Wildman–Crippen MR) is 245 cm³/mol. The van der Waals surface area contributed by atoms with Crippen LogP contribution in [0.3, 0.4) is 0 Å². The SMILES string of the molecule is C[C@H](CCNC(=O)CCP(=O)(CC(CCC(=O)OCc1ccccc1)C(=O)OCc1ccccc1)OCc1ccccc1)C1CCC2C3CCC4CCCCC4(C)C3CCC21C. The molecule has 4 fully saturated rings. The second-order valence-electron chi connectivity index (χ2n) is 20.0. The first kappa shape index (κ1) is 46.3. The van der Waals surface area contributed by atoms with E-state index in [0.717, 1.165) is 46.8 Å². The van der Waals surface area contributed by atoms with Gasteiger partial charge in [0.15, 0.2) is 0 Å². The highest BCUT2D eigenvalue weighted by atomic mass is 31.2. The molecule has 0 bridgehead atoms. The lowest BCUT2D eigenvalue weighted by atomic mass is 9.44. The summed E-state index contributed by atoms with van der Waals surface area (Å²) in [5.74, 6) is 2.64. The number of amides is 1. The Morgan fingerprint density at radius 1 is 0.694 bits per heavy atom. The monoisotopic (exact) mass is 866 g/mol. The van der Waals surface area contributed by atoms with Crippen LogP contribution in [0.4, 0.5) is 0 Å².